The maximum atomic E-state index is 14.5. The van der Waals surface area contributed by atoms with Crippen molar-refractivity contribution in [3.05, 3.63) is 52.6 Å². The van der Waals surface area contributed by atoms with Crippen molar-refractivity contribution >= 4 is 22.7 Å². The maximum Gasteiger partial charge on any atom is 0.187 e. The zero-order chi connectivity index (χ0) is 19.6. The molecule has 1 aliphatic rings. The lowest BCUT2D eigenvalue weighted by atomic mass is 9.87. The van der Waals surface area contributed by atoms with Crippen LogP contribution in [0.1, 0.15) is 40.7 Å². The van der Waals surface area contributed by atoms with Crippen LogP contribution in [0.5, 0.6) is 0 Å². The third-order valence-electron chi connectivity index (χ3n) is 4.69. The summed E-state index contributed by atoms with van der Waals surface area (Å²) in [6.07, 6.45) is 0.827. The standard InChI is InChI=1S/C19H23FN4O2S/c1-12-8-16(23-24(12)11-26-3)17(25)10-13-4-5-15(20)14(9-13)19(2)6-7-27-18(21)22-19/h4-5,8-9H,6-7,10-11H2,1-3H3,(H2,21,22)/t19-/m0/s1. The van der Waals surface area contributed by atoms with Crippen molar-refractivity contribution in [3.8, 4) is 0 Å². The van der Waals surface area contributed by atoms with E-state index in [1.807, 2.05) is 13.8 Å². The van der Waals surface area contributed by atoms with Crippen LogP contribution in [0.4, 0.5) is 4.39 Å². The lowest BCUT2D eigenvalue weighted by Gasteiger charge is -2.30. The number of nitrogens with zero attached hydrogens (tertiary/aromatic N) is 3. The van der Waals surface area contributed by atoms with E-state index in [-0.39, 0.29) is 24.8 Å². The van der Waals surface area contributed by atoms with Crippen LogP contribution in [0.25, 0.3) is 0 Å². The van der Waals surface area contributed by atoms with Crippen molar-refractivity contribution in [2.75, 3.05) is 12.9 Å². The molecule has 0 amide bonds. The molecule has 0 saturated heterocycles. The number of benzene rings is 1. The Labute approximate surface area is 162 Å². The number of carbonyl (C=O) groups is 1. The molecule has 1 aromatic carbocycles. The van der Waals surface area contributed by atoms with Gasteiger partial charge in [-0.1, -0.05) is 17.8 Å². The number of methoxy groups -OCH3 is 1. The van der Waals surface area contributed by atoms with Gasteiger partial charge in [0.05, 0.1) is 5.54 Å². The van der Waals surface area contributed by atoms with Gasteiger partial charge in [0, 0.05) is 30.5 Å². The lowest BCUT2D eigenvalue weighted by molar-refractivity contribution is 0.0978. The predicted molar refractivity (Wildman–Crippen MR) is 104 cm³/mol. The van der Waals surface area contributed by atoms with Crippen molar-refractivity contribution in [1.29, 1.82) is 0 Å². The second kappa shape index (κ2) is 7.82. The van der Waals surface area contributed by atoms with Crippen molar-refractivity contribution in [2.24, 2.45) is 10.7 Å². The summed E-state index contributed by atoms with van der Waals surface area (Å²) in [6.45, 7) is 4.03. The highest BCUT2D eigenvalue weighted by Crippen LogP contribution is 2.36. The zero-order valence-electron chi connectivity index (χ0n) is 15.7. The van der Waals surface area contributed by atoms with Crippen LogP contribution >= 0.6 is 11.8 Å². The normalized spacial score (nSPS) is 19.8. The van der Waals surface area contributed by atoms with E-state index >= 15 is 0 Å². The molecule has 8 heteroatoms. The summed E-state index contributed by atoms with van der Waals surface area (Å²) in [5.41, 5.74) is 7.55. The minimum absolute atomic E-state index is 0.127. The SMILES string of the molecule is COCn1nc(C(=O)Cc2ccc(F)c([C@]3(C)CCSC(N)=N3)c2)cc1C. The number of aromatic nitrogens is 2. The molecule has 3 rings (SSSR count). The van der Waals surface area contributed by atoms with E-state index < -0.39 is 5.54 Å². The number of nitrogens with two attached hydrogens (primary N) is 1. The average Bonchev–Trinajstić information content (AvgIpc) is 2.97. The molecule has 6 nitrogen and oxygen atoms in total. The highest BCUT2D eigenvalue weighted by molar-refractivity contribution is 8.13. The van der Waals surface area contributed by atoms with E-state index in [1.54, 1.807) is 30.0 Å². The summed E-state index contributed by atoms with van der Waals surface area (Å²) in [6, 6.07) is 6.48. The molecule has 0 unspecified atom stereocenters. The van der Waals surface area contributed by atoms with Crippen LogP contribution in [0, 0.1) is 12.7 Å². The first kappa shape index (κ1) is 19.6. The minimum atomic E-state index is -0.713. The van der Waals surface area contributed by atoms with Crippen LogP contribution < -0.4 is 5.73 Å². The van der Waals surface area contributed by atoms with Gasteiger partial charge in [-0.2, -0.15) is 5.10 Å². The number of aryl methyl sites for hydroxylation is 1. The largest absolute Gasteiger partial charge is 0.379 e. The molecule has 0 fully saturated rings. The predicted octanol–water partition coefficient (Wildman–Crippen LogP) is 3.03. The highest BCUT2D eigenvalue weighted by Gasteiger charge is 2.32. The van der Waals surface area contributed by atoms with Crippen molar-refractivity contribution in [1.82, 2.24) is 9.78 Å². The monoisotopic (exact) mass is 390 g/mol. The molecule has 1 aromatic heterocycles. The van der Waals surface area contributed by atoms with E-state index in [4.69, 9.17) is 10.5 Å². The van der Waals surface area contributed by atoms with Crippen LogP contribution in [0.3, 0.4) is 0 Å². The summed E-state index contributed by atoms with van der Waals surface area (Å²) in [4.78, 5) is 17.1. The fourth-order valence-corrected chi connectivity index (χ4v) is 4.13. The zero-order valence-corrected chi connectivity index (χ0v) is 16.5. The Morgan fingerprint density at radius 1 is 1.44 bits per heavy atom. The number of amidine groups is 1. The first-order valence-electron chi connectivity index (χ1n) is 8.66. The number of rotatable bonds is 6. The van der Waals surface area contributed by atoms with Gasteiger partial charge in [0.2, 0.25) is 0 Å². The quantitative estimate of drug-likeness (QED) is 0.767. The van der Waals surface area contributed by atoms with Crippen LogP contribution in [-0.2, 0) is 23.4 Å². The van der Waals surface area contributed by atoms with E-state index in [0.717, 1.165) is 17.0 Å². The molecule has 0 spiro atoms. The number of thioether (sulfide) groups is 1. The summed E-state index contributed by atoms with van der Waals surface area (Å²) in [5.74, 6) is 0.320. The van der Waals surface area contributed by atoms with E-state index in [1.165, 1.54) is 17.8 Å². The molecule has 2 aromatic rings. The summed E-state index contributed by atoms with van der Waals surface area (Å²) in [5, 5.41) is 4.74. The van der Waals surface area contributed by atoms with E-state index in [9.17, 15) is 9.18 Å². The van der Waals surface area contributed by atoms with Gasteiger partial charge in [-0.3, -0.25) is 9.79 Å². The topological polar surface area (TPSA) is 82.5 Å². The molecule has 1 aliphatic heterocycles. The Morgan fingerprint density at radius 2 is 2.22 bits per heavy atom. The van der Waals surface area contributed by atoms with Crippen molar-refractivity contribution < 1.29 is 13.9 Å². The van der Waals surface area contributed by atoms with Crippen LogP contribution in [-0.4, -0.2) is 33.6 Å². The Kier molecular flexibility index (Phi) is 5.67. The van der Waals surface area contributed by atoms with Gasteiger partial charge < -0.3 is 10.5 Å². The second-order valence-corrected chi connectivity index (χ2v) is 7.94. The van der Waals surface area contributed by atoms with Gasteiger partial charge in [-0.05, 0) is 44.0 Å². The molecular formula is C19H23FN4O2S. The Morgan fingerprint density at radius 3 is 2.93 bits per heavy atom. The number of ether oxygens (including phenoxy) is 1. The smallest absolute Gasteiger partial charge is 0.187 e. The molecule has 144 valence electrons. The van der Waals surface area contributed by atoms with Gasteiger partial charge in [-0.15, -0.1) is 0 Å². The Bertz CT molecular complexity index is 896. The third kappa shape index (κ3) is 4.22. The molecule has 0 saturated carbocycles. The van der Waals surface area contributed by atoms with E-state index in [0.29, 0.717) is 22.8 Å². The molecule has 2 N–H and O–H groups in total. The number of ketones is 1. The fourth-order valence-electron chi connectivity index (χ4n) is 3.15. The molecule has 1 atom stereocenters. The number of halogens is 1. The number of Topliss-reactive ketones (excluding diaryl/α,β-unsaturated/α-hetero) is 1. The number of hydrogen-bond donors (Lipinski definition) is 1. The minimum Gasteiger partial charge on any atom is -0.379 e. The Balaban J connectivity index is 1.85. The summed E-state index contributed by atoms with van der Waals surface area (Å²) < 4.78 is 21.2. The molecular weight excluding hydrogens is 367 g/mol. The third-order valence-corrected chi connectivity index (χ3v) is 5.49. The van der Waals surface area contributed by atoms with Gasteiger partial charge in [0.25, 0.3) is 0 Å². The number of aliphatic imine (C=N–C) groups is 1. The molecule has 27 heavy (non-hydrogen) atoms. The fraction of sp³-hybridized carbons (Fsp3) is 0.421. The van der Waals surface area contributed by atoms with Crippen LogP contribution in [0.15, 0.2) is 29.3 Å². The van der Waals surface area contributed by atoms with Crippen molar-refractivity contribution in [2.45, 2.75) is 39.0 Å². The van der Waals surface area contributed by atoms with Gasteiger partial charge in [0.15, 0.2) is 11.0 Å². The van der Waals surface area contributed by atoms with Gasteiger partial charge >= 0.3 is 0 Å². The molecule has 0 bridgehead atoms. The number of hydrogen-bond acceptors (Lipinski definition) is 6. The highest BCUT2D eigenvalue weighted by atomic mass is 32.2. The summed E-state index contributed by atoms with van der Waals surface area (Å²) in [7, 11) is 1.57. The number of carbonyl (C=O) groups excluding carboxylic acids is 1. The van der Waals surface area contributed by atoms with Crippen molar-refractivity contribution in [3.63, 3.8) is 0 Å². The Hall–Kier alpha value is -2.19. The van der Waals surface area contributed by atoms with E-state index in [2.05, 4.69) is 10.1 Å². The van der Waals surface area contributed by atoms with Gasteiger partial charge in [0.1, 0.15) is 18.2 Å². The molecule has 0 aliphatic carbocycles. The van der Waals surface area contributed by atoms with Gasteiger partial charge in [-0.25, -0.2) is 9.07 Å². The summed E-state index contributed by atoms with van der Waals surface area (Å²) >= 11 is 1.47. The first-order valence-corrected chi connectivity index (χ1v) is 9.64. The second-order valence-electron chi connectivity index (χ2n) is 6.82. The molecule has 2 heterocycles. The first-order chi connectivity index (χ1) is 12.8. The lowest BCUT2D eigenvalue weighted by Crippen LogP contribution is -2.29. The average molecular weight is 390 g/mol. The maximum absolute atomic E-state index is 14.5. The van der Waals surface area contributed by atoms with Crippen LogP contribution in [0.2, 0.25) is 0 Å². The molecule has 0 radical (unpaired) electrons.